The Morgan fingerprint density at radius 3 is 2.47 bits per heavy atom. The zero-order valence-electron chi connectivity index (χ0n) is 21.1. The Kier molecular flexibility index (Phi) is 6.90. The lowest BCUT2D eigenvalue weighted by Crippen LogP contribution is -2.43. The molecular weight excluding hydrogens is 466 g/mol. The van der Waals surface area contributed by atoms with Crippen molar-refractivity contribution in [2.75, 3.05) is 13.6 Å². The number of halogens is 2. The molecule has 1 aliphatic carbocycles. The lowest BCUT2D eigenvalue weighted by atomic mass is 9.92. The first-order valence-corrected chi connectivity index (χ1v) is 12.1. The van der Waals surface area contributed by atoms with Crippen LogP contribution < -0.4 is 0 Å². The highest BCUT2D eigenvalue weighted by atomic mass is 19.1. The van der Waals surface area contributed by atoms with E-state index >= 15 is 0 Å². The van der Waals surface area contributed by atoms with Gasteiger partial charge in [0.1, 0.15) is 23.0 Å². The number of hydrogen-bond donors (Lipinski definition) is 0. The molecule has 36 heavy (non-hydrogen) atoms. The number of nitrogens with zero attached hydrogens (tertiary/aromatic N) is 2. The third kappa shape index (κ3) is 5.42. The van der Waals surface area contributed by atoms with Crippen molar-refractivity contribution >= 4 is 17.8 Å². The number of amides is 2. The summed E-state index contributed by atoms with van der Waals surface area (Å²) >= 11 is 0. The zero-order chi connectivity index (χ0) is 26.3. The Balaban J connectivity index is 1.49. The first kappa shape index (κ1) is 25.8. The Hall–Kier alpha value is -3.29. The molecule has 0 spiro atoms. The normalized spacial score (nSPS) is 22.7. The van der Waals surface area contributed by atoms with E-state index in [-0.39, 0.29) is 42.6 Å². The number of likely N-dealkylation sites (tertiary alicyclic amines) is 1. The first-order chi connectivity index (χ1) is 16.9. The van der Waals surface area contributed by atoms with Gasteiger partial charge in [-0.25, -0.2) is 13.6 Å². The van der Waals surface area contributed by atoms with Gasteiger partial charge >= 0.3 is 6.09 Å². The molecule has 1 unspecified atom stereocenters. The molecule has 8 heteroatoms. The van der Waals surface area contributed by atoms with E-state index in [1.807, 2.05) is 30.3 Å². The third-order valence-electron chi connectivity index (χ3n) is 7.02. The fourth-order valence-electron chi connectivity index (χ4n) is 5.26. The van der Waals surface area contributed by atoms with Crippen LogP contribution in [0.1, 0.15) is 51.2 Å². The molecule has 2 amide bonds. The van der Waals surface area contributed by atoms with Gasteiger partial charge in [-0.1, -0.05) is 30.3 Å². The van der Waals surface area contributed by atoms with Crippen LogP contribution in [-0.4, -0.2) is 52.8 Å². The van der Waals surface area contributed by atoms with Crippen molar-refractivity contribution in [3.63, 3.8) is 0 Å². The number of ketones is 1. The number of benzene rings is 2. The fourth-order valence-corrected chi connectivity index (χ4v) is 5.26. The van der Waals surface area contributed by atoms with Crippen molar-refractivity contribution in [3.8, 4) is 0 Å². The molecule has 1 aliphatic heterocycles. The zero-order valence-corrected chi connectivity index (χ0v) is 21.1. The lowest BCUT2D eigenvalue weighted by molar-refractivity contribution is -0.135. The minimum atomic E-state index is -0.762. The fraction of sp³-hybridized carbons (Fsp3) is 0.464. The molecule has 1 saturated carbocycles. The molecule has 0 aromatic heterocycles. The number of fused-ring (bicyclic) bond motifs is 1. The lowest BCUT2D eigenvalue weighted by Gasteiger charge is -2.31. The molecular formula is C28H32F2N2O4. The van der Waals surface area contributed by atoms with E-state index in [9.17, 15) is 23.2 Å². The Labute approximate surface area is 210 Å². The smallest absolute Gasteiger partial charge is 0.410 e. The molecule has 2 aromatic carbocycles. The maximum absolute atomic E-state index is 14.7. The summed E-state index contributed by atoms with van der Waals surface area (Å²) in [6, 6.07) is 12.2. The number of carbonyl (C=O) groups excluding carboxylic acids is 3. The van der Waals surface area contributed by atoms with E-state index in [0.717, 1.165) is 17.7 Å². The summed E-state index contributed by atoms with van der Waals surface area (Å²) in [5, 5.41) is 0. The predicted octanol–water partition coefficient (Wildman–Crippen LogP) is 4.85. The summed E-state index contributed by atoms with van der Waals surface area (Å²) in [7, 11) is 1.64. The molecule has 0 radical (unpaired) electrons. The van der Waals surface area contributed by atoms with Crippen LogP contribution in [0.5, 0.6) is 0 Å². The summed E-state index contributed by atoms with van der Waals surface area (Å²) in [5.41, 5.74) is -0.351. The van der Waals surface area contributed by atoms with Crippen LogP contribution in [0.25, 0.3) is 0 Å². The van der Waals surface area contributed by atoms with Crippen LogP contribution in [0.15, 0.2) is 48.5 Å². The maximum Gasteiger partial charge on any atom is 0.410 e. The maximum atomic E-state index is 14.7. The van der Waals surface area contributed by atoms with Crippen molar-refractivity contribution in [2.45, 2.75) is 63.6 Å². The number of hydrogen-bond acceptors (Lipinski definition) is 4. The SMILES string of the molecule is CN(Cc1ccccc1)C(=O)CC(=O)CC1[C@@H]2C[C@]2(c2cc(F)ccc2F)CN1C(=O)OC(C)(C)C. The van der Waals surface area contributed by atoms with Crippen molar-refractivity contribution in [1.82, 2.24) is 9.80 Å². The minimum absolute atomic E-state index is 0.0481. The van der Waals surface area contributed by atoms with Crippen molar-refractivity contribution in [1.29, 1.82) is 0 Å². The van der Waals surface area contributed by atoms with Gasteiger partial charge in [-0.05, 0) is 62.4 Å². The van der Waals surface area contributed by atoms with E-state index in [2.05, 4.69) is 0 Å². The van der Waals surface area contributed by atoms with Gasteiger partial charge in [-0.2, -0.15) is 0 Å². The van der Waals surface area contributed by atoms with Gasteiger partial charge < -0.3 is 14.5 Å². The third-order valence-corrected chi connectivity index (χ3v) is 7.02. The number of carbonyl (C=O) groups is 3. The van der Waals surface area contributed by atoms with Gasteiger partial charge in [-0.15, -0.1) is 0 Å². The highest BCUT2D eigenvalue weighted by Crippen LogP contribution is 2.63. The van der Waals surface area contributed by atoms with Crippen LogP contribution in [0.2, 0.25) is 0 Å². The van der Waals surface area contributed by atoms with E-state index in [1.165, 1.54) is 15.9 Å². The van der Waals surface area contributed by atoms with Gasteiger partial charge in [0.25, 0.3) is 0 Å². The van der Waals surface area contributed by atoms with Crippen LogP contribution in [-0.2, 0) is 26.3 Å². The molecule has 0 N–H and O–H groups in total. The molecule has 2 aromatic rings. The van der Waals surface area contributed by atoms with Gasteiger partial charge in [0.2, 0.25) is 5.91 Å². The number of piperidine rings is 1. The highest BCUT2D eigenvalue weighted by Gasteiger charge is 2.67. The van der Waals surface area contributed by atoms with E-state index in [1.54, 1.807) is 27.8 Å². The molecule has 0 bridgehead atoms. The molecule has 6 nitrogen and oxygen atoms in total. The van der Waals surface area contributed by atoms with Gasteiger partial charge in [0, 0.05) is 38.0 Å². The topological polar surface area (TPSA) is 66.9 Å². The van der Waals surface area contributed by atoms with Gasteiger partial charge in [0.15, 0.2) is 0 Å². The van der Waals surface area contributed by atoms with Crippen LogP contribution in [0.3, 0.4) is 0 Å². The summed E-state index contributed by atoms with van der Waals surface area (Å²) < 4.78 is 34.2. The average molecular weight is 499 g/mol. The molecule has 3 atom stereocenters. The minimum Gasteiger partial charge on any atom is -0.444 e. The van der Waals surface area contributed by atoms with Crippen molar-refractivity contribution in [3.05, 3.63) is 71.3 Å². The summed E-state index contributed by atoms with van der Waals surface area (Å²) in [6.45, 7) is 5.74. The molecule has 2 aliphatic rings. The largest absolute Gasteiger partial charge is 0.444 e. The molecule has 4 rings (SSSR count). The predicted molar refractivity (Wildman–Crippen MR) is 130 cm³/mol. The first-order valence-electron chi connectivity index (χ1n) is 12.1. The second-order valence-corrected chi connectivity index (χ2v) is 10.9. The average Bonchev–Trinajstić information content (AvgIpc) is 3.44. The standard InChI is InChI=1S/C28H32F2N2O4/c1-27(2,3)36-26(35)32-17-28(21-12-19(29)10-11-23(21)30)15-22(28)24(32)13-20(33)14-25(34)31(4)16-18-8-6-5-7-9-18/h5-12,22,24H,13-17H2,1-4H3/t22-,24?,28+/m0/s1. The number of rotatable bonds is 7. The van der Waals surface area contributed by atoms with Crippen LogP contribution >= 0.6 is 0 Å². The molecule has 192 valence electrons. The number of ether oxygens (including phenoxy) is 1. The highest BCUT2D eigenvalue weighted by molar-refractivity contribution is 5.98. The molecule has 2 fully saturated rings. The quantitative estimate of drug-likeness (QED) is 0.512. The van der Waals surface area contributed by atoms with Crippen LogP contribution in [0, 0.1) is 17.6 Å². The van der Waals surface area contributed by atoms with Gasteiger partial charge in [-0.3, -0.25) is 9.59 Å². The Bertz CT molecular complexity index is 1160. The molecule has 1 saturated heterocycles. The van der Waals surface area contributed by atoms with Crippen LogP contribution in [0.4, 0.5) is 13.6 Å². The Morgan fingerprint density at radius 1 is 1.11 bits per heavy atom. The summed E-state index contributed by atoms with van der Waals surface area (Å²) in [4.78, 5) is 41.7. The van der Waals surface area contributed by atoms with E-state index < -0.39 is 34.8 Å². The van der Waals surface area contributed by atoms with E-state index in [0.29, 0.717) is 13.0 Å². The summed E-state index contributed by atoms with van der Waals surface area (Å²) in [5.74, 6) is -1.93. The summed E-state index contributed by atoms with van der Waals surface area (Å²) in [6.07, 6.45) is -0.410. The second-order valence-electron chi connectivity index (χ2n) is 10.9. The van der Waals surface area contributed by atoms with Crippen molar-refractivity contribution in [2.24, 2.45) is 5.92 Å². The number of Topliss-reactive ketones (excluding diaryl/α,β-unsaturated/α-hetero) is 1. The van der Waals surface area contributed by atoms with Gasteiger partial charge in [0.05, 0.1) is 6.42 Å². The molecule has 1 heterocycles. The monoisotopic (exact) mass is 498 g/mol. The second kappa shape index (κ2) is 9.64. The Morgan fingerprint density at radius 2 is 1.81 bits per heavy atom. The van der Waals surface area contributed by atoms with Crippen molar-refractivity contribution < 1.29 is 27.9 Å². The van der Waals surface area contributed by atoms with E-state index in [4.69, 9.17) is 4.74 Å².